The second-order valence-corrected chi connectivity index (χ2v) is 17.0. The molecular weight excluding hydrogens is 817 g/mol. The molecule has 0 saturated carbocycles. The number of hydrogen-bond donors (Lipinski definition) is 7. The molecule has 0 radical (unpaired) electrons. The highest BCUT2D eigenvalue weighted by Crippen LogP contribution is 2.40. The van der Waals surface area contributed by atoms with E-state index in [1.165, 1.54) is 32.2 Å². The number of hydrogen-bond acceptors (Lipinski definition) is 12. The Morgan fingerprint density at radius 3 is 2.27 bits per heavy atom. The minimum absolute atomic E-state index is 0.0105. The van der Waals surface area contributed by atoms with Crippen molar-refractivity contribution in [1.29, 1.82) is 5.26 Å². The number of nitrogens with two attached hydrogens (primary N) is 2. The van der Waals surface area contributed by atoms with Gasteiger partial charge in [0.1, 0.15) is 48.3 Å². The van der Waals surface area contributed by atoms with Gasteiger partial charge in [-0.15, -0.1) is 0 Å². The van der Waals surface area contributed by atoms with Crippen molar-refractivity contribution in [3.05, 3.63) is 94.3 Å². The van der Waals surface area contributed by atoms with Gasteiger partial charge in [0.25, 0.3) is 5.91 Å². The van der Waals surface area contributed by atoms with Gasteiger partial charge in [0.15, 0.2) is 5.82 Å². The maximum atomic E-state index is 14.6. The Balaban J connectivity index is 1.54. The minimum atomic E-state index is -1.44. The number of phenolic OH excluding ortho intramolecular Hbond substituents is 1. The van der Waals surface area contributed by atoms with E-state index in [4.69, 9.17) is 21.5 Å². The van der Waals surface area contributed by atoms with Crippen LogP contribution < -0.4 is 37.5 Å². The molecule has 0 saturated heterocycles. The van der Waals surface area contributed by atoms with Crippen LogP contribution in [-0.2, 0) is 31.0 Å². The van der Waals surface area contributed by atoms with Crippen LogP contribution in [0.25, 0.3) is 22.5 Å². The molecular formula is C47H58N10O7. The molecule has 1 aromatic heterocycles. The van der Waals surface area contributed by atoms with Crippen molar-refractivity contribution in [1.82, 2.24) is 36.1 Å². The highest BCUT2D eigenvalue weighted by Gasteiger charge is 2.36. The van der Waals surface area contributed by atoms with Crippen molar-refractivity contribution < 1.29 is 33.8 Å². The Morgan fingerprint density at radius 2 is 1.66 bits per heavy atom. The first kappa shape index (κ1) is 48.1. The lowest BCUT2D eigenvalue weighted by atomic mass is 9.86. The number of carbonyl (C=O) groups excluding carboxylic acids is 5. The minimum Gasteiger partial charge on any atom is -0.507 e. The number of phenols is 1. The van der Waals surface area contributed by atoms with E-state index in [1.54, 1.807) is 39.0 Å². The number of rotatable bonds is 12. The van der Waals surface area contributed by atoms with E-state index in [0.29, 0.717) is 34.1 Å². The van der Waals surface area contributed by atoms with Gasteiger partial charge < -0.3 is 47.5 Å². The van der Waals surface area contributed by atoms with Crippen molar-refractivity contribution in [3.8, 4) is 40.1 Å². The Morgan fingerprint density at radius 1 is 0.984 bits per heavy atom. The monoisotopic (exact) mass is 874 g/mol. The summed E-state index contributed by atoms with van der Waals surface area (Å²) in [7, 11) is 1.38. The van der Waals surface area contributed by atoms with Crippen LogP contribution in [0.15, 0.2) is 60.7 Å². The highest BCUT2D eigenvalue weighted by atomic mass is 16.5. The third-order valence-electron chi connectivity index (χ3n) is 11.0. The molecule has 9 N–H and O–H groups in total. The summed E-state index contributed by atoms with van der Waals surface area (Å²) in [5.74, 6) is -2.88. The average Bonchev–Trinajstić information content (AvgIpc) is 3.25. The molecule has 17 heteroatoms. The first-order valence-corrected chi connectivity index (χ1v) is 21.1. The number of nitrogens with zero attached hydrogens (tertiary/aromatic N) is 4. The molecule has 0 aliphatic carbocycles. The van der Waals surface area contributed by atoms with Crippen LogP contribution >= 0.6 is 0 Å². The van der Waals surface area contributed by atoms with E-state index in [1.807, 2.05) is 30.3 Å². The van der Waals surface area contributed by atoms with Crippen LogP contribution in [0.5, 0.6) is 11.5 Å². The number of aromatic nitrogens is 2. The summed E-state index contributed by atoms with van der Waals surface area (Å²) in [4.78, 5) is 80.5. The fraction of sp³-hybridized carbons (Fsp3) is 0.404. The standard InChI is InChI=1S/C47H58N10O7/c1-25(24-50)64-38-16-9-29-21-34(38)33-23-31(12-15-37(33)58)40(45(62)54-28(4)42(59)56-36(22-29)43(60)51-20-19-49)57(8)46(63)35(17-18-48)55-44(61)39-26(2)52-41(53-27(39)3)30-10-13-32(14-11-30)47(5,6)7/h9-16,21,23,25,28,35-36,40,58H,17-18,20,22,24,48,50H2,1-8H3,(H,51,60)(H,54,62)(H,55,61)(H,56,59)/t25?,28-,35?,36-,40-/m0/s1. The topological polar surface area (TPSA) is 268 Å². The Kier molecular flexibility index (Phi) is 15.4. The Hall–Kier alpha value is -6.90. The van der Waals surface area contributed by atoms with Crippen molar-refractivity contribution in [2.75, 3.05) is 26.7 Å². The van der Waals surface area contributed by atoms with Crippen molar-refractivity contribution >= 4 is 29.5 Å². The summed E-state index contributed by atoms with van der Waals surface area (Å²) in [6.45, 7) is 12.8. The highest BCUT2D eigenvalue weighted by molar-refractivity contribution is 6.00. The van der Waals surface area contributed by atoms with E-state index in [2.05, 4.69) is 52.0 Å². The summed E-state index contributed by atoms with van der Waals surface area (Å²) in [5, 5.41) is 31.1. The quantitative estimate of drug-likeness (QED) is 0.101. The largest absolute Gasteiger partial charge is 0.507 e. The first-order chi connectivity index (χ1) is 30.3. The lowest BCUT2D eigenvalue weighted by Crippen LogP contribution is -2.56. The van der Waals surface area contributed by atoms with Crippen LogP contribution in [0.4, 0.5) is 0 Å². The van der Waals surface area contributed by atoms with Gasteiger partial charge in [0, 0.05) is 36.7 Å². The van der Waals surface area contributed by atoms with Gasteiger partial charge in [-0.2, -0.15) is 5.26 Å². The van der Waals surface area contributed by atoms with Gasteiger partial charge in [-0.25, -0.2) is 9.97 Å². The van der Waals surface area contributed by atoms with Gasteiger partial charge in [-0.1, -0.05) is 57.2 Å². The molecule has 3 aromatic carbocycles. The Labute approximate surface area is 373 Å². The van der Waals surface area contributed by atoms with Crippen LogP contribution in [0.3, 0.4) is 0 Å². The number of nitrogens with one attached hydrogen (secondary N) is 4. The summed E-state index contributed by atoms with van der Waals surface area (Å²) < 4.78 is 6.15. The van der Waals surface area contributed by atoms with Crippen LogP contribution in [0.2, 0.25) is 0 Å². The molecule has 17 nitrogen and oxygen atoms in total. The lowest BCUT2D eigenvalue weighted by molar-refractivity contribution is -0.141. The first-order valence-electron chi connectivity index (χ1n) is 21.1. The van der Waals surface area contributed by atoms with Gasteiger partial charge in [0.2, 0.25) is 23.6 Å². The number of benzene rings is 3. The summed E-state index contributed by atoms with van der Waals surface area (Å²) in [6.07, 6.45) is -0.494. The van der Waals surface area contributed by atoms with Crippen molar-refractivity contribution in [3.63, 3.8) is 0 Å². The molecule has 64 heavy (non-hydrogen) atoms. The fourth-order valence-electron chi connectivity index (χ4n) is 7.44. The summed E-state index contributed by atoms with van der Waals surface area (Å²) in [5.41, 5.74) is 16.1. The SMILES string of the molecule is Cc1nc(-c2ccc(C(C)(C)C)cc2)nc(C)c1C(=O)NC(CCN)C(=O)N(C)[C@@H]1C(=O)N[C@@H](C)C(=O)N[C@H](C(=O)NCC#N)Cc2ccc(OC(C)CN)c(c2)-c2cc1ccc2O. The average molecular weight is 875 g/mol. The lowest BCUT2D eigenvalue weighted by Gasteiger charge is -2.32. The molecule has 0 fully saturated rings. The van der Waals surface area contributed by atoms with Crippen molar-refractivity contribution in [2.45, 2.75) is 97.0 Å². The molecule has 1 aliphatic rings. The number of aromatic hydroxyl groups is 1. The number of ether oxygens (including phenoxy) is 1. The maximum absolute atomic E-state index is 14.6. The van der Waals surface area contributed by atoms with Crippen LogP contribution in [0.1, 0.15) is 85.5 Å². The Bertz CT molecular complexity index is 2420. The van der Waals surface area contributed by atoms with Crippen LogP contribution in [0, 0.1) is 25.2 Å². The van der Waals surface area contributed by atoms with E-state index >= 15 is 0 Å². The van der Waals surface area contributed by atoms with Crippen molar-refractivity contribution in [2.24, 2.45) is 11.5 Å². The number of carbonyl (C=O) groups is 5. The number of likely N-dealkylation sites (N-methyl/N-ethyl adjacent to an activating group) is 1. The zero-order valence-electron chi connectivity index (χ0n) is 37.5. The molecule has 1 aliphatic heterocycles. The zero-order chi connectivity index (χ0) is 47.0. The molecule has 5 atom stereocenters. The third-order valence-corrected chi connectivity index (χ3v) is 11.0. The number of aryl methyl sites for hydroxylation is 2. The number of nitriles is 1. The fourth-order valence-corrected chi connectivity index (χ4v) is 7.44. The number of amides is 5. The molecule has 5 rings (SSSR count). The predicted molar refractivity (Wildman–Crippen MR) is 241 cm³/mol. The summed E-state index contributed by atoms with van der Waals surface area (Å²) in [6, 6.07) is 14.1. The summed E-state index contributed by atoms with van der Waals surface area (Å²) >= 11 is 0. The third kappa shape index (κ3) is 11.2. The van der Waals surface area contributed by atoms with E-state index in [9.17, 15) is 29.1 Å². The van der Waals surface area contributed by atoms with Crippen LogP contribution in [-0.4, -0.2) is 100 Å². The zero-order valence-corrected chi connectivity index (χ0v) is 37.5. The van der Waals surface area contributed by atoms with E-state index in [-0.39, 0.29) is 60.3 Å². The molecule has 338 valence electrons. The molecule has 2 heterocycles. The molecule has 0 spiro atoms. The van der Waals surface area contributed by atoms with Gasteiger partial charge in [-0.05, 0) is 87.0 Å². The van der Waals surface area contributed by atoms with Gasteiger partial charge in [-0.3, -0.25) is 24.0 Å². The second-order valence-electron chi connectivity index (χ2n) is 17.0. The second kappa shape index (κ2) is 20.5. The molecule has 2 unspecified atom stereocenters. The van der Waals surface area contributed by atoms with E-state index in [0.717, 1.165) is 16.0 Å². The predicted octanol–water partition coefficient (Wildman–Crippen LogP) is 2.99. The molecule has 4 aromatic rings. The van der Waals surface area contributed by atoms with E-state index < -0.39 is 59.8 Å². The molecule has 5 amide bonds. The normalized spacial score (nSPS) is 17.4. The van der Waals surface area contributed by atoms with Gasteiger partial charge >= 0.3 is 0 Å². The van der Waals surface area contributed by atoms with Gasteiger partial charge in [0.05, 0.1) is 23.0 Å². The molecule has 4 bridgehead atoms. The smallest absolute Gasteiger partial charge is 0.255 e. The number of fused-ring (bicyclic) bond motifs is 5. The maximum Gasteiger partial charge on any atom is 0.255 e.